The molecule has 0 saturated heterocycles. The fourth-order valence-corrected chi connectivity index (χ4v) is 2.73. The standard InChI is InChI=1S/C16H25N3O2/c1-5-18(6-2)15(20)10-19-11-16(3,4)21-14-9-12(17)7-8-13(14)19/h7-9H,5-6,10-11,17H2,1-4H3. The second-order valence-corrected chi connectivity index (χ2v) is 6.01. The maximum atomic E-state index is 12.4. The molecule has 1 aromatic rings. The van der Waals surface area contributed by atoms with E-state index in [1.807, 2.05) is 50.8 Å². The first kappa shape index (κ1) is 15.5. The van der Waals surface area contributed by atoms with Gasteiger partial charge in [-0.1, -0.05) is 0 Å². The first-order chi connectivity index (χ1) is 9.86. The molecule has 116 valence electrons. The van der Waals surface area contributed by atoms with E-state index in [1.165, 1.54) is 0 Å². The summed E-state index contributed by atoms with van der Waals surface area (Å²) in [5, 5.41) is 0. The zero-order valence-corrected chi connectivity index (χ0v) is 13.3. The number of carbonyl (C=O) groups is 1. The third kappa shape index (κ3) is 3.40. The molecule has 0 bridgehead atoms. The zero-order valence-electron chi connectivity index (χ0n) is 13.3. The van der Waals surface area contributed by atoms with Crippen LogP contribution in [0.1, 0.15) is 27.7 Å². The summed E-state index contributed by atoms with van der Waals surface area (Å²) >= 11 is 0. The number of nitrogen functional groups attached to an aromatic ring is 1. The molecule has 1 heterocycles. The van der Waals surface area contributed by atoms with Crippen molar-refractivity contribution in [1.82, 2.24) is 4.90 Å². The molecule has 1 aliphatic rings. The lowest BCUT2D eigenvalue weighted by atomic mass is 10.0. The van der Waals surface area contributed by atoms with Gasteiger partial charge in [-0.2, -0.15) is 0 Å². The number of ether oxygens (including phenoxy) is 1. The fraction of sp³-hybridized carbons (Fsp3) is 0.562. The molecule has 2 N–H and O–H groups in total. The van der Waals surface area contributed by atoms with Gasteiger partial charge in [0.2, 0.25) is 5.91 Å². The van der Waals surface area contributed by atoms with E-state index in [0.717, 1.165) is 24.5 Å². The Kier molecular flexibility index (Phi) is 4.30. The topological polar surface area (TPSA) is 58.8 Å². The van der Waals surface area contributed by atoms with Gasteiger partial charge >= 0.3 is 0 Å². The Balaban J connectivity index is 2.26. The number of rotatable bonds is 4. The van der Waals surface area contributed by atoms with E-state index in [-0.39, 0.29) is 11.5 Å². The van der Waals surface area contributed by atoms with Crippen molar-refractivity contribution in [3.05, 3.63) is 18.2 Å². The molecule has 1 aliphatic heterocycles. The lowest BCUT2D eigenvalue weighted by Gasteiger charge is -2.41. The summed E-state index contributed by atoms with van der Waals surface area (Å²) in [7, 11) is 0. The van der Waals surface area contributed by atoms with E-state index in [2.05, 4.69) is 4.90 Å². The maximum absolute atomic E-state index is 12.4. The number of anilines is 2. The Morgan fingerprint density at radius 1 is 1.38 bits per heavy atom. The lowest BCUT2D eigenvalue weighted by Crippen LogP contribution is -2.50. The van der Waals surface area contributed by atoms with Crippen molar-refractivity contribution >= 4 is 17.3 Å². The Hall–Kier alpha value is -1.91. The van der Waals surface area contributed by atoms with Crippen LogP contribution in [0.3, 0.4) is 0 Å². The Bertz CT molecular complexity index is 524. The Morgan fingerprint density at radius 3 is 2.67 bits per heavy atom. The minimum absolute atomic E-state index is 0.139. The van der Waals surface area contributed by atoms with E-state index in [4.69, 9.17) is 10.5 Å². The molecule has 0 aromatic heterocycles. The van der Waals surface area contributed by atoms with Gasteiger partial charge in [0.15, 0.2) is 0 Å². The van der Waals surface area contributed by atoms with E-state index < -0.39 is 0 Å². The molecule has 21 heavy (non-hydrogen) atoms. The summed E-state index contributed by atoms with van der Waals surface area (Å²) in [6.07, 6.45) is 0. The van der Waals surface area contributed by atoms with E-state index in [0.29, 0.717) is 18.8 Å². The van der Waals surface area contributed by atoms with Gasteiger partial charge in [-0.25, -0.2) is 0 Å². The number of benzene rings is 1. The van der Waals surface area contributed by atoms with Crippen LogP contribution in [0, 0.1) is 0 Å². The van der Waals surface area contributed by atoms with Gasteiger partial charge in [-0.15, -0.1) is 0 Å². The van der Waals surface area contributed by atoms with Crippen molar-refractivity contribution in [3.63, 3.8) is 0 Å². The molecule has 5 nitrogen and oxygen atoms in total. The smallest absolute Gasteiger partial charge is 0.242 e. The number of nitrogens with zero attached hydrogens (tertiary/aromatic N) is 2. The highest BCUT2D eigenvalue weighted by molar-refractivity contribution is 5.82. The SMILES string of the molecule is CCN(CC)C(=O)CN1CC(C)(C)Oc2cc(N)ccc21. The van der Waals surface area contributed by atoms with Gasteiger partial charge in [0.05, 0.1) is 18.8 Å². The number of likely N-dealkylation sites (N-methyl/N-ethyl adjacent to an activating group) is 1. The molecule has 0 aliphatic carbocycles. The lowest BCUT2D eigenvalue weighted by molar-refractivity contribution is -0.129. The predicted octanol–water partition coefficient (Wildman–Crippen LogP) is 2.11. The van der Waals surface area contributed by atoms with E-state index in [1.54, 1.807) is 0 Å². The molecule has 1 aromatic carbocycles. The second-order valence-electron chi connectivity index (χ2n) is 6.01. The molecular formula is C16H25N3O2. The number of amides is 1. The first-order valence-electron chi connectivity index (χ1n) is 7.47. The number of fused-ring (bicyclic) bond motifs is 1. The fourth-order valence-electron chi connectivity index (χ4n) is 2.73. The summed E-state index contributed by atoms with van der Waals surface area (Å²) in [6, 6.07) is 5.59. The molecular weight excluding hydrogens is 266 g/mol. The molecule has 2 rings (SSSR count). The van der Waals surface area contributed by atoms with Crippen molar-refractivity contribution in [2.45, 2.75) is 33.3 Å². The highest BCUT2D eigenvalue weighted by Gasteiger charge is 2.33. The summed E-state index contributed by atoms with van der Waals surface area (Å²) in [5.74, 6) is 0.888. The van der Waals surface area contributed by atoms with Gasteiger partial charge in [0, 0.05) is 24.8 Å². The number of hydrogen-bond acceptors (Lipinski definition) is 4. The Morgan fingerprint density at radius 2 is 2.05 bits per heavy atom. The van der Waals surface area contributed by atoms with E-state index in [9.17, 15) is 4.79 Å². The van der Waals surface area contributed by atoms with Crippen molar-refractivity contribution in [2.75, 3.05) is 36.8 Å². The minimum atomic E-state index is -0.343. The van der Waals surface area contributed by atoms with Crippen molar-refractivity contribution < 1.29 is 9.53 Å². The van der Waals surface area contributed by atoms with Gasteiger partial charge in [0.25, 0.3) is 0 Å². The highest BCUT2D eigenvalue weighted by Crippen LogP contribution is 2.38. The van der Waals surface area contributed by atoms with Crippen molar-refractivity contribution in [3.8, 4) is 5.75 Å². The van der Waals surface area contributed by atoms with Gasteiger partial charge in [-0.05, 0) is 39.8 Å². The largest absolute Gasteiger partial charge is 0.484 e. The average molecular weight is 291 g/mol. The third-order valence-corrected chi connectivity index (χ3v) is 3.72. The van der Waals surface area contributed by atoms with Crippen LogP contribution in [0.15, 0.2) is 18.2 Å². The van der Waals surface area contributed by atoms with Crippen LogP contribution in [0.25, 0.3) is 0 Å². The van der Waals surface area contributed by atoms with E-state index >= 15 is 0 Å². The summed E-state index contributed by atoms with van der Waals surface area (Å²) < 4.78 is 5.98. The van der Waals surface area contributed by atoms with Gasteiger partial charge < -0.3 is 20.3 Å². The third-order valence-electron chi connectivity index (χ3n) is 3.72. The van der Waals surface area contributed by atoms with Crippen molar-refractivity contribution in [2.24, 2.45) is 0 Å². The molecule has 0 atom stereocenters. The average Bonchev–Trinajstić information content (AvgIpc) is 2.38. The normalized spacial score (nSPS) is 16.1. The molecule has 0 fully saturated rings. The quantitative estimate of drug-likeness (QED) is 0.863. The van der Waals surface area contributed by atoms with Gasteiger partial charge in [-0.3, -0.25) is 4.79 Å². The summed E-state index contributed by atoms with van der Waals surface area (Å²) in [4.78, 5) is 16.3. The second kappa shape index (κ2) is 5.84. The molecule has 0 spiro atoms. The van der Waals surface area contributed by atoms with Crippen LogP contribution in [0.4, 0.5) is 11.4 Å². The van der Waals surface area contributed by atoms with Crippen LogP contribution in [0.2, 0.25) is 0 Å². The number of hydrogen-bond donors (Lipinski definition) is 1. The summed E-state index contributed by atoms with van der Waals surface area (Å²) in [6.45, 7) is 10.6. The molecule has 0 radical (unpaired) electrons. The number of carbonyl (C=O) groups excluding carboxylic acids is 1. The Labute approximate surface area is 126 Å². The molecule has 1 amide bonds. The zero-order chi connectivity index (χ0) is 15.6. The van der Waals surface area contributed by atoms with Crippen molar-refractivity contribution in [1.29, 1.82) is 0 Å². The van der Waals surface area contributed by atoms with Crippen LogP contribution in [0.5, 0.6) is 5.75 Å². The van der Waals surface area contributed by atoms with Crippen LogP contribution in [-0.2, 0) is 4.79 Å². The van der Waals surface area contributed by atoms with Crippen LogP contribution >= 0.6 is 0 Å². The maximum Gasteiger partial charge on any atom is 0.242 e. The summed E-state index contributed by atoms with van der Waals surface area (Å²) in [5.41, 5.74) is 7.09. The monoisotopic (exact) mass is 291 g/mol. The van der Waals surface area contributed by atoms with Gasteiger partial charge in [0.1, 0.15) is 11.4 Å². The number of nitrogens with two attached hydrogens (primary N) is 1. The first-order valence-corrected chi connectivity index (χ1v) is 7.47. The predicted molar refractivity (Wildman–Crippen MR) is 85.7 cm³/mol. The van der Waals surface area contributed by atoms with Crippen LogP contribution < -0.4 is 15.4 Å². The molecule has 0 unspecified atom stereocenters. The molecule has 0 saturated carbocycles. The highest BCUT2D eigenvalue weighted by atomic mass is 16.5. The van der Waals surface area contributed by atoms with Crippen LogP contribution in [-0.4, -0.2) is 42.6 Å². The minimum Gasteiger partial charge on any atom is -0.484 e. The molecule has 5 heteroatoms.